The van der Waals surface area contributed by atoms with E-state index >= 15 is 0 Å². The van der Waals surface area contributed by atoms with Crippen molar-refractivity contribution in [2.75, 3.05) is 0 Å². The van der Waals surface area contributed by atoms with Crippen LogP contribution in [0, 0.1) is 5.92 Å². The zero-order valence-corrected chi connectivity index (χ0v) is 9.51. The van der Waals surface area contributed by atoms with Gasteiger partial charge in [-0.3, -0.25) is 9.78 Å². The Morgan fingerprint density at radius 1 is 1.44 bits per heavy atom. The molecule has 0 aromatic carbocycles. The van der Waals surface area contributed by atoms with Crippen molar-refractivity contribution in [2.24, 2.45) is 5.92 Å². The first-order valence-corrected chi connectivity index (χ1v) is 5.29. The number of nitrogens with zero attached hydrogens (tertiary/aromatic N) is 1. The molecule has 16 heavy (non-hydrogen) atoms. The fourth-order valence-corrected chi connectivity index (χ4v) is 1.41. The summed E-state index contributed by atoms with van der Waals surface area (Å²) in [6, 6.07) is 2.82. The average molecular weight is 220 g/mol. The summed E-state index contributed by atoms with van der Waals surface area (Å²) >= 11 is 0. The molecule has 1 rings (SSSR count). The van der Waals surface area contributed by atoms with E-state index in [4.69, 9.17) is 0 Å². The molecule has 1 atom stereocenters. The van der Waals surface area contributed by atoms with Crippen LogP contribution in [0.1, 0.15) is 30.6 Å². The molecule has 0 radical (unpaired) electrons. The van der Waals surface area contributed by atoms with Gasteiger partial charge in [-0.1, -0.05) is 13.8 Å². The molecule has 1 aromatic rings. The molecule has 0 saturated heterocycles. The molecule has 0 aliphatic rings. The molecular formula is C12H16N2O2. The lowest BCUT2D eigenvalue weighted by atomic mass is 10.0. The van der Waals surface area contributed by atoms with E-state index in [0.717, 1.165) is 6.29 Å². The lowest BCUT2D eigenvalue weighted by Gasteiger charge is -2.14. The molecule has 4 nitrogen and oxygen atoms in total. The highest BCUT2D eigenvalue weighted by Gasteiger charge is 2.13. The van der Waals surface area contributed by atoms with Crippen molar-refractivity contribution in [3.63, 3.8) is 0 Å². The highest BCUT2D eigenvalue weighted by atomic mass is 16.2. The Labute approximate surface area is 95.1 Å². The van der Waals surface area contributed by atoms with Gasteiger partial charge in [-0.25, -0.2) is 0 Å². The average Bonchev–Trinajstić information content (AvgIpc) is 2.28. The van der Waals surface area contributed by atoms with E-state index in [1.165, 1.54) is 0 Å². The maximum Gasteiger partial charge on any atom is 0.251 e. The van der Waals surface area contributed by atoms with Crippen LogP contribution in [0.25, 0.3) is 0 Å². The largest absolute Gasteiger partial charge is 0.343 e. The van der Waals surface area contributed by atoms with E-state index in [1.54, 1.807) is 24.5 Å². The lowest BCUT2D eigenvalue weighted by molar-refractivity contribution is -0.109. The Balaban J connectivity index is 2.59. The minimum Gasteiger partial charge on any atom is -0.343 e. The highest BCUT2D eigenvalue weighted by Crippen LogP contribution is 2.04. The van der Waals surface area contributed by atoms with Crippen molar-refractivity contribution in [1.82, 2.24) is 10.3 Å². The number of nitrogens with one attached hydrogen (secondary N) is 1. The minimum absolute atomic E-state index is 0.236. The predicted octanol–water partition coefficient (Wildman–Crippen LogP) is 1.43. The molecule has 0 unspecified atom stereocenters. The zero-order valence-electron chi connectivity index (χ0n) is 9.51. The van der Waals surface area contributed by atoms with Crippen molar-refractivity contribution < 1.29 is 9.59 Å². The van der Waals surface area contributed by atoms with E-state index in [1.807, 2.05) is 13.8 Å². The lowest BCUT2D eigenvalue weighted by Crippen LogP contribution is -2.36. The van der Waals surface area contributed by atoms with Crippen molar-refractivity contribution >= 4 is 12.2 Å². The van der Waals surface area contributed by atoms with Gasteiger partial charge in [0.15, 0.2) is 0 Å². The summed E-state index contributed by atoms with van der Waals surface area (Å²) < 4.78 is 0. The smallest absolute Gasteiger partial charge is 0.251 e. The summed E-state index contributed by atoms with van der Waals surface area (Å²) in [5.41, 5.74) is 0.519. The first-order valence-electron chi connectivity index (χ1n) is 5.29. The molecule has 86 valence electrons. The van der Waals surface area contributed by atoms with Crippen LogP contribution in [0.4, 0.5) is 0 Å². The van der Waals surface area contributed by atoms with Crippen molar-refractivity contribution in [2.45, 2.75) is 26.3 Å². The third-order valence-electron chi connectivity index (χ3n) is 2.15. The third kappa shape index (κ3) is 3.81. The molecule has 0 spiro atoms. The fourth-order valence-electron chi connectivity index (χ4n) is 1.41. The summed E-state index contributed by atoms with van der Waals surface area (Å²) in [6.07, 6.45) is 4.53. The second-order valence-corrected chi connectivity index (χ2v) is 4.08. The molecule has 1 amide bonds. The molecule has 1 aromatic heterocycles. The number of aldehydes is 1. The van der Waals surface area contributed by atoms with Gasteiger partial charge in [0.05, 0.1) is 6.04 Å². The van der Waals surface area contributed by atoms with Gasteiger partial charge in [0, 0.05) is 18.0 Å². The van der Waals surface area contributed by atoms with E-state index in [2.05, 4.69) is 10.3 Å². The molecule has 0 saturated carbocycles. The number of aromatic nitrogens is 1. The maximum atomic E-state index is 11.7. The number of amides is 1. The van der Waals surface area contributed by atoms with Gasteiger partial charge in [0.2, 0.25) is 0 Å². The van der Waals surface area contributed by atoms with Crippen LogP contribution in [0.2, 0.25) is 0 Å². The third-order valence-corrected chi connectivity index (χ3v) is 2.15. The molecule has 4 heteroatoms. The Kier molecular flexibility index (Phi) is 4.64. The molecule has 0 aliphatic carbocycles. The van der Waals surface area contributed by atoms with E-state index in [9.17, 15) is 9.59 Å². The zero-order chi connectivity index (χ0) is 12.0. The Bertz CT molecular complexity index is 349. The number of hydrogen-bond acceptors (Lipinski definition) is 3. The monoisotopic (exact) mass is 220 g/mol. The first kappa shape index (κ1) is 12.4. The van der Waals surface area contributed by atoms with Gasteiger partial charge < -0.3 is 10.1 Å². The Morgan fingerprint density at radius 3 is 2.56 bits per heavy atom. The van der Waals surface area contributed by atoms with Crippen LogP contribution in [-0.4, -0.2) is 23.2 Å². The van der Waals surface area contributed by atoms with Crippen molar-refractivity contribution in [3.05, 3.63) is 30.1 Å². The number of rotatable bonds is 5. The van der Waals surface area contributed by atoms with Crippen molar-refractivity contribution in [1.29, 1.82) is 0 Å². The predicted molar refractivity (Wildman–Crippen MR) is 61.0 cm³/mol. The highest BCUT2D eigenvalue weighted by molar-refractivity contribution is 5.95. The molecule has 0 aliphatic heterocycles. The van der Waals surface area contributed by atoms with Gasteiger partial charge in [-0.05, 0) is 24.5 Å². The van der Waals surface area contributed by atoms with E-state index < -0.39 is 6.04 Å². The molecule has 1 N–H and O–H groups in total. The van der Waals surface area contributed by atoms with Crippen LogP contribution < -0.4 is 5.32 Å². The van der Waals surface area contributed by atoms with Gasteiger partial charge >= 0.3 is 0 Å². The molecular weight excluding hydrogens is 204 g/mol. The normalized spacial score (nSPS) is 12.2. The summed E-state index contributed by atoms with van der Waals surface area (Å²) in [4.78, 5) is 26.3. The summed E-state index contributed by atoms with van der Waals surface area (Å²) in [7, 11) is 0. The Hall–Kier alpha value is -1.71. The summed E-state index contributed by atoms with van der Waals surface area (Å²) in [6.45, 7) is 4.02. The summed E-state index contributed by atoms with van der Waals surface area (Å²) in [5, 5.41) is 2.68. The van der Waals surface area contributed by atoms with Crippen LogP contribution in [0.3, 0.4) is 0 Å². The van der Waals surface area contributed by atoms with Gasteiger partial charge in [-0.2, -0.15) is 0 Å². The van der Waals surface area contributed by atoms with Crippen molar-refractivity contribution in [3.8, 4) is 0 Å². The number of pyridine rings is 1. The Morgan fingerprint density at radius 2 is 2.06 bits per heavy atom. The fraction of sp³-hybridized carbons (Fsp3) is 0.417. The first-order chi connectivity index (χ1) is 7.63. The van der Waals surface area contributed by atoms with Gasteiger partial charge in [-0.15, -0.1) is 0 Å². The van der Waals surface area contributed by atoms with Gasteiger partial charge in [0.25, 0.3) is 5.91 Å². The van der Waals surface area contributed by atoms with Crippen LogP contribution >= 0.6 is 0 Å². The molecule has 0 bridgehead atoms. The van der Waals surface area contributed by atoms with Crippen LogP contribution in [-0.2, 0) is 4.79 Å². The van der Waals surface area contributed by atoms with E-state index in [0.29, 0.717) is 17.9 Å². The molecule has 1 heterocycles. The standard InChI is InChI=1S/C12H16N2O2/c1-9(2)7-11(8-15)14-12(16)10-3-5-13-6-4-10/h3-6,8-9,11H,7H2,1-2H3,(H,14,16)/t11-/m0/s1. The summed E-state index contributed by atoms with van der Waals surface area (Å²) in [5.74, 6) is 0.132. The van der Waals surface area contributed by atoms with Crippen LogP contribution in [0.5, 0.6) is 0 Å². The van der Waals surface area contributed by atoms with Gasteiger partial charge in [0.1, 0.15) is 6.29 Å². The maximum absolute atomic E-state index is 11.7. The second kappa shape index (κ2) is 6.00. The van der Waals surface area contributed by atoms with Crippen LogP contribution in [0.15, 0.2) is 24.5 Å². The number of carbonyl (C=O) groups is 2. The molecule has 0 fully saturated rings. The SMILES string of the molecule is CC(C)C[C@@H](C=O)NC(=O)c1ccncc1. The number of carbonyl (C=O) groups excluding carboxylic acids is 2. The van der Waals surface area contributed by atoms with E-state index in [-0.39, 0.29) is 5.91 Å². The minimum atomic E-state index is -0.416. The number of hydrogen-bond donors (Lipinski definition) is 1. The topological polar surface area (TPSA) is 59.1 Å². The second-order valence-electron chi connectivity index (χ2n) is 4.08. The quantitative estimate of drug-likeness (QED) is 0.763.